The van der Waals surface area contributed by atoms with Gasteiger partial charge in [0.25, 0.3) is 0 Å². The molecule has 2 heterocycles. The first-order chi connectivity index (χ1) is 8.45. The van der Waals surface area contributed by atoms with Crippen LogP contribution in [0.3, 0.4) is 0 Å². The second-order valence-electron chi connectivity index (χ2n) is 3.86. The fourth-order valence-corrected chi connectivity index (χ4v) is 1.62. The highest BCUT2D eigenvalue weighted by Gasteiger charge is 1.93. The lowest BCUT2D eigenvalue weighted by molar-refractivity contribution is 0.122. The maximum atomic E-state index is 5.55. The molecule has 0 fully saturated rings. The van der Waals surface area contributed by atoms with Gasteiger partial charge in [-0.3, -0.25) is 9.36 Å². The van der Waals surface area contributed by atoms with Crippen LogP contribution in [0.5, 0.6) is 0 Å². The Labute approximate surface area is 101 Å². The molecule has 0 radical (unpaired) electrons. The van der Waals surface area contributed by atoms with Crippen LogP contribution in [-0.4, -0.2) is 32.8 Å². The Morgan fingerprint density at radius 2 is 1.35 bits per heavy atom. The van der Waals surface area contributed by atoms with E-state index in [0.717, 1.165) is 39.1 Å². The van der Waals surface area contributed by atoms with Gasteiger partial charge in [0.1, 0.15) is 0 Å². The molecular formula is C12H18N4O. The molecule has 17 heavy (non-hydrogen) atoms. The summed E-state index contributed by atoms with van der Waals surface area (Å²) in [5.74, 6) is 0. The van der Waals surface area contributed by atoms with Crippen molar-refractivity contribution in [3.63, 3.8) is 0 Å². The van der Waals surface area contributed by atoms with Gasteiger partial charge in [0.05, 0.1) is 0 Å². The number of aryl methyl sites for hydroxylation is 2. The van der Waals surface area contributed by atoms with Crippen molar-refractivity contribution in [2.45, 2.75) is 25.9 Å². The smallest absolute Gasteiger partial charge is 0.0489 e. The summed E-state index contributed by atoms with van der Waals surface area (Å²) in [5.41, 5.74) is 0. The molecule has 0 amide bonds. The summed E-state index contributed by atoms with van der Waals surface area (Å²) in [6.45, 7) is 3.43. The van der Waals surface area contributed by atoms with Crippen LogP contribution in [0.4, 0.5) is 0 Å². The Hall–Kier alpha value is -1.62. The molecule has 2 aromatic heterocycles. The summed E-state index contributed by atoms with van der Waals surface area (Å²) in [4.78, 5) is 0. The summed E-state index contributed by atoms with van der Waals surface area (Å²) in [6.07, 6.45) is 9.54. The summed E-state index contributed by atoms with van der Waals surface area (Å²) in [6, 6.07) is 3.87. The maximum Gasteiger partial charge on any atom is 0.0489 e. The van der Waals surface area contributed by atoms with Crippen LogP contribution in [0.25, 0.3) is 0 Å². The fourth-order valence-electron chi connectivity index (χ4n) is 1.62. The first-order valence-corrected chi connectivity index (χ1v) is 5.98. The summed E-state index contributed by atoms with van der Waals surface area (Å²) >= 11 is 0. The normalized spacial score (nSPS) is 10.8. The van der Waals surface area contributed by atoms with Crippen LogP contribution < -0.4 is 0 Å². The van der Waals surface area contributed by atoms with Crippen molar-refractivity contribution >= 4 is 0 Å². The van der Waals surface area contributed by atoms with Crippen molar-refractivity contribution in [2.75, 3.05) is 13.2 Å². The second kappa shape index (κ2) is 6.85. The van der Waals surface area contributed by atoms with Crippen molar-refractivity contribution in [3.8, 4) is 0 Å². The van der Waals surface area contributed by atoms with Crippen LogP contribution >= 0.6 is 0 Å². The Morgan fingerprint density at radius 3 is 1.76 bits per heavy atom. The first kappa shape index (κ1) is 11.9. The molecule has 0 saturated heterocycles. The number of rotatable bonds is 8. The van der Waals surface area contributed by atoms with E-state index in [0.29, 0.717) is 0 Å². The van der Waals surface area contributed by atoms with E-state index in [4.69, 9.17) is 4.74 Å². The minimum Gasteiger partial charge on any atom is -0.381 e. The highest BCUT2D eigenvalue weighted by Crippen LogP contribution is 1.93. The Morgan fingerprint density at radius 1 is 0.824 bits per heavy atom. The minimum atomic E-state index is 0.791. The van der Waals surface area contributed by atoms with Crippen LogP contribution in [0, 0.1) is 0 Å². The van der Waals surface area contributed by atoms with Gasteiger partial charge in [0.2, 0.25) is 0 Å². The van der Waals surface area contributed by atoms with Gasteiger partial charge in [-0.25, -0.2) is 0 Å². The molecule has 0 atom stereocenters. The van der Waals surface area contributed by atoms with E-state index in [9.17, 15) is 0 Å². The van der Waals surface area contributed by atoms with Gasteiger partial charge < -0.3 is 4.74 Å². The van der Waals surface area contributed by atoms with Gasteiger partial charge in [-0.05, 0) is 25.0 Å². The number of hydrogen-bond donors (Lipinski definition) is 0. The van der Waals surface area contributed by atoms with E-state index in [1.807, 2.05) is 33.9 Å². The zero-order valence-electron chi connectivity index (χ0n) is 9.90. The van der Waals surface area contributed by atoms with E-state index < -0.39 is 0 Å². The molecule has 0 aliphatic rings. The molecule has 5 heteroatoms. The van der Waals surface area contributed by atoms with E-state index >= 15 is 0 Å². The first-order valence-electron chi connectivity index (χ1n) is 5.98. The third-order valence-electron chi connectivity index (χ3n) is 2.47. The standard InChI is InChI=1S/C12H18N4O/c1-5-13-15(7-1)9-3-11-17-12-4-10-16-8-2-6-14-16/h1-2,5-8H,3-4,9-12H2. The topological polar surface area (TPSA) is 44.9 Å². The molecule has 0 aromatic carbocycles. The molecule has 0 unspecified atom stereocenters. The lowest BCUT2D eigenvalue weighted by Crippen LogP contribution is -2.06. The molecule has 2 rings (SSSR count). The van der Waals surface area contributed by atoms with E-state index in [-0.39, 0.29) is 0 Å². The third-order valence-corrected chi connectivity index (χ3v) is 2.47. The quantitative estimate of drug-likeness (QED) is 0.651. The molecule has 0 aliphatic carbocycles. The maximum absolute atomic E-state index is 5.55. The molecule has 0 N–H and O–H groups in total. The molecule has 5 nitrogen and oxygen atoms in total. The van der Waals surface area contributed by atoms with Crippen LogP contribution in [0.15, 0.2) is 36.9 Å². The van der Waals surface area contributed by atoms with E-state index in [1.54, 1.807) is 12.4 Å². The average molecular weight is 234 g/mol. The lowest BCUT2D eigenvalue weighted by atomic mass is 10.4. The number of ether oxygens (including phenoxy) is 1. The highest BCUT2D eigenvalue weighted by atomic mass is 16.5. The molecule has 0 aliphatic heterocycles. The predicted octanol–water partition coefficient (Wildman–Crippen LogP) is 1.58. The zero-order chi connectivity index (χ0) is 11.8. The zero-order valence-corrected chi connectivity index (χ0v) is 9.90. The fraction of sp³-hybridized carbons (Fsp3) is 0.500. The monoisotopic (exact) mass is 234 g/mol. The summed E-state index contributed by atoms with van der Waals surface area (Å²) in [7, 11) is 0. The van der Waals surface area contributed by atoms with Crippen LogP contribution in [0.1, 0.15) is 12.8 Å². The van der Waals surface area contributed by atoms with Gasteiger partial charge in [-0.1, -0.05) is 0 Å². The van der Waals surface area contributed by atoms with Gasteiger partial charge in [0, 0.05) is 51.1 Å². The Balaban J connectivity index is 1.44. The van der Waals surface area contributed by atoms with Gasteiger partial charge in [-0.2, -0.15) is 10.2 Å². The van der Waals surface area contributed by atoms with Gasteiger partial charge in [0.15, 0.2) is 0 Å². The largest absolute Gasteiger partial charge is 0.381 e. The average Bonchev–Trinajstić information content (AvgIpc) is 3.00. The Bertz CT molecular complexity index is 344. The third kappa shape index (κ3) is 4.40. The summed E-state index contributed by atoms with van der Waals surface area (Å²) < 4.78 is 9.40. The van der Waals surface area contributed by atoms with Crippen molar-refractivity contribution in [1.82, 2.24) is 19.6 Å². The minimum absolute atomic E-state index is 0.791. The predicted molar refractivity (Wildman–Crippen MR) is 64.5 cm³/mol. The van der Waals surface area contributed by atoms with Crippen molar-refractivity contribution in [1.29, 1.82) is 0 Å². The van der Waals surface area contributed by atoms with Crippen molar-refractivity contribution < 1.29 is 4.74 Å². The SMILES string of the molecule is c1cnn(CCCOCCCn2cccn2)c1. The Kier molecular flexibility index (Phi) is 4.78. The molecule has 0 saturated carbocycles. The van der Waals surface area contributed by atoms with Gasteiger partial charge in [-0.15, -0.1) is 0 Å². The molecule has 92 valence electrons. The molecule has 2 aromatic rings. The van der Waals surface area contributed by atoms with Crippen LogP contribution in [-0.2, 0) is 17.8 Å². The van der Waals surface area contributed by atoms with Crippen molar-refractivity contribution in [3.05, 3.63) is 36.9 Å². The lowest BCUT2D eigenvalue weighted by Gasteiger charge is -2.05. The van der Waals surface area contributed by atoms with Gasteiger partial charge >= 0.3 is 0 Å². The van der Waals surface area contributed by atoms with Crippen LogP contribution in [0.2, 0.25) is 0 Å². The molecular weight excluding hydrogens is 216 g/mol. The molecule has 0 bridgehead atoms. The molecule has 0 spiro atoms. The number of aromatic nitrogens is 4. The van der Waals surface area contributed by atoms with E-state index in [2.05, 4.69) is 10.2 Å². The highest BCUT2D eigenvalue weighted by molar-refractivity contribution is 4.78. The van der Waals surface area contributed by atoms with Crippen molar-refractivity contribution in [2.24, 2.45) is 0 Å². The second-order valence-corrected chi connectivity index (χ2v) is 3.86. The van der Waals surface area contributed by atoms with E-state index in [1.165, 1.54) is 0 Å². The number of nitrogens with zero attached hydrogens (tertiary/aromatic N) is 4. The number of hydrogen-bond acceptors (Lipinski definition) is 3. The summed E-state index contributed by atoms with van der Waals surface area (Å²) in [5, 5.41) is 8.27.